The molecule has 0 N–H and O–H groups in total. The fraction of sp³-hybridized carbons (Fsp3) is 0. The number of para-hydroxylation sites is 1. The monoisotopic (exact) mass is 383 g/mol. The molecule has 1 heterocycles. The molecule has 0 saturated heterocycles. The summed E-state index contributed by atoms with van der Waals surface area (Å²) in [5.41, 5.74) is 2.34. The van der Waals surface area contributed by atoms with Crippen molar-refractivity contribution < 1.29 is 4.74 Å². The minimum atomic E-state index is 0.135. The summed E-state index contributed by atoms with van der Waals surface area (Å²) in [5.74, 6) is 1.92. The number of rotatable bonds is 4. The first kappa shape index (κ1) is 17.7. The van der Waals surface area contributed by atoms with Crippen LogP contribution in [0, 0.1) is 11.3 Å². The molecule has 5 heteroatoms. The normalized spacial score (nSPS) is 10.3. The van der Waals surface area contributed by atoms with E-state index in [1.807, 2.05) is 84.9 Å². The molecule has 1 aromatic heterocycles. The molecule has 0 atom stereocenters. The van der Waals surface area contributed by atoms with Crippen LogP contribution in [-0.4, -0.2) is 9.97 Å². The van der Waals surface area contributed by atoms with Crippen molar-refractivity contribution in [1.29, 1.82) is 5.26 Å². The Morgan fingerprint density at radius 3 is 1.96 bits per heavy atom. The van der Waals surface area contributed by atoms with Gasteiger partial charge >= 0.3 is 0 Å². The van der Waals surface area contributed by atoms with Crippen LogP contribution in [0.5, 0.6) is 11.5 Å². The zero-order valence-corrected chi connectivity index (χ0v) is 15.5. The van der Waals surface area contributed by atoms with Crippen LogP contribution < -0.4 is 4.74 Å². The van der Waals surface area contributed by atoms with E-state index >= 15 is 0 Å². The molecule has 0 fully saturated rings. The van der Waals surface area contributed by atoms with Gasteiger partial charge in [0.1, 0.15) is 23.1 Å². The molecule has 0 saturated carbocycles. The van der Waals surface area contributed by atoms with Crippen molar-refractivity contribution in [3.05, 3.63) is 95.6 Å². The Morgan fingerprint density at radius 2 is 1.32 bits per heavy atom. The molecular formula is C23H14ClN3O. The summed E-state index contributed by atoms with van der Waals surface area (Å²) in [5, 5.41) is 9.67. The fourth-order valence-corrected chi connectivity index (χ4v) is 2.97. The van der Waals surface area contributed by atoms with Gasteiger partial charge in [-0.05, 0) is 36.4 Å². The summed E-state index contributed by atoms with van der Waals surface area (Å²) in [4.78, 5) is 8.88. The van der Waals surface area contributed by atoms with E-state index in [9.17, 15) is 5.26 Å². The molecule has 0 spiro atoms. The second kappa shape index (κ2) is 7.91. The zero-order valence-electron chi connectivity index (χ0n) is 14.7. The van der Waals surface area contributed by atoms with Crippen LogP contribution in [-0.2, 0) is 0 Å². The lowest BCUT2D eigenvalue weighted by molar-refractivity contribution is 0.483. The minimum Gasteiger partial charge on any atom is -0.457 e. The lowest BCUT2D eigenvalue weighted by atomic mass is 10.1. The molecule has 0 aliphatic rings. The van der Waals surface area contributed by atoms with Crippen molar-refractivity contribution in [2.45, 2.75) is 0 Å². The number of benzene rings is 3. The van der Waals surface area contributed by atoms with Crippen molar-refractivity contribution >= 4 is 11.6 Å². The standard InChI is InChI=1S/C23H14ClN3O/c24-22-20(15-25)21(26-23(27-22)17-7-3-1-4-8-17)16-11-13-19(14-12-16)28-18-9-5-2-6-10-18/h1-14H. The molecular weight excluding hydrogens is 370 g/mol. The van der Waals surface area contributed by atoms with E-state index in [-0.39, 0.29) is 10.7 Å². The summed E-state index contributed by atoms with van der Waals surface area (Å²) in [6.07, 6.45) is 0. The maximum Gasteiger partial charge on any atom is 0.161 e. The largest absolute Gasteiger partial charge is 0.457 e. The van der Waals surface area contributed by atoms with Crippen LogP contribution in [0.25, 0.3) is 22.6 Å². The quantitative estimate of drug-likeness (QED) is 0.398. The number of halogens is 1. The van der Waals surface area contributed by atoms with E-state index in [1.54, 1.807) is 0 Å². The van der Waals surface area contributed by atoms with Gasteiger partial charge in [-0.25, -0.2) is 9.97 Å². The van der Waals surface area contributed by atoms with Crippen LogP contribution >= 0.6 is 11.6 Å². The highest BCUT2D eigenvalue weighted by Crippen LogP contribution is 2.31. The van der Waals surface area contributed by atoms with Crippen molar-refractivity contribution in [3.63, 3.8) is 0 Å². The van der Waals surface area contributed by atoms with Gasteiger partial charge in [0.25, 0.3) is 0 Å². The molecule has 0 bridgehead atoms. The summed E-state index contributed by atoms with van der Waals surface area (Å²) in [6, 6.07) is 28.5. The lowest BCUT2D eigenvalue weighted by Gasteiger charge is -2.10. The molecule has 0 aliphatic carbocycles. The van der Waals surface area contributed by atoms with E-state index in [0.717, 1.165) is 16.9 Å². The van der Waals surface area contributed by atoms with Gasteiger partial charge in [-0.2, -0.15) is 5.26 Å². The van der Waals surface area contributed by atoms with Gasteiger partial charge in [-0.15, -0.1) is 0 Å². The van der Waals surface area contributed by atoms with Crippen LogP contribution in [0.2, 0.25) is 5.15 Å². The van der Waals surface area contributed by atoms with Gasteiger partial charge in [0.2, 0.25) is 0 Å². The first-order chi connectivity index (χ1) is 13.7. The van der Waals surface area contributed by atoms with E-state index in [2.05, 4.69) is 16.0 Å². The summed E-state index contributed by atoms with van der Waals surface area (Å²) in [6.45, 7) is 0. The lowest BCUT2D eigenvalue weighted by Crippen LogP contribution is -1.98. The molecule has 4 nitrogen and oxygen atoms in total. The maximum atomic E-state index is 9.53. The predicted molar refractivity (Wildman–Crippen MR) is 109 cm³/mol. The van der Waals surface area contributed by atoms with Crippen LogP contribution in [0.3, 0.4) is 0 Å². The minimum absolute atomic E-state index is 0.135. The van der Waals surface area contributed by atoms with Crippen molar-refractivity contribution in [3.8, 4) is 40.2 Å². The predicted octanol–water partition coefficient (Wildman–Crippen LogP) is 6.13. The third kappa shape index (κ3) is 3.71. The first-order valence-corrected chi connectivity index (χ1v) is 8.99. The molecule has 0 aliphatic heterocycles. The average molecular weight is 384 g/mol. The van der Waals surface area contributed by atoms with E-state index in [1.165, 1.54) is 0 Å². The number of ether oxygens (including phenoxy) is 1. The van der Waals surface area contributed by atoms with Crippen molar-refractivity contribution in [2.24, 2.45) is 0 Å². The molecule has 3 aromatic carbocycles. The fourth-order valence-electron chi connectivity index (χ4n) is 2.76. The summed E-state index contributed by atoms with van der Waals surface area (Å²) >= 11 is 6.27. The molecule has 4 rings (SSSR count). The number of hydrogen-bond donors (Lipinski definition) is 0. The Kier molecular flexibility index (Phi) is 5.01. The van der Waals surface area contributed by atoms with Crippen LogP contribution in [0.4, 0.5) is 0 Å². The highest BCUT2D eigenvalue weighted by Gasteiger charge is 2.15. The second-order valence-electron chi connectivity index (χ2n) is 5.98. The average Bonchev–Trinajstić information content (AvgIpc) is 2.75. The van der Waals surface area contributed by atoms with E-state index in [0.29, 0.717) is 17.3 Å². The number of hydrogen-bond acceptors (Lipinski definition) is 4. The topological polar surface area (TPSA) is 58.8 Å². The third-order valence-corrected chi connectivity index (χ3v) is 4.39. The van der Waals surface area contributed by atoms with Gasteiger partial charge in [0.05, 0.1) is 5.69 Å². The van der Waals surface area contributed by atoms with Crippen LogP contribution in [0.1, 0.15) is 5.56 Å². The van der Waals surface area contributed by atoms with Crippen molar-refractivity contribution in [2.75, 3.05) is 0 Å². The maximum absolute atomic E-state index is 9.53. The smallest absolute Gasteiger partial charge is 0.161 e. The number of nitriles is 1. The van der Waals surface area contributed by atoms with Gasteiger partial charge < -0.3 is 4.74 Å². The van der Waals surface area contributed by atoms with Gasteiger partial charge in [-0.1, -0.05) is 60.1 Å². The van der Waals surface area contributed by atoms with Crippen molar-refractivity contribution in [1.82, 2.24) is 9.97 Å². The molecule has 0 amide bonds. The molecule has 134 valence electrons. The van der Waals surface area contributed by atoms with Crippen LogP contribution in [0.15, 0.2) is 84.9 Å². The highest BCUT2D eigenvalue weighted by molar-refractivity contribution is 6.31. The van der Waals surface area contributed by atoms with Gasteiger partial charge in [0.15, 0.2) is 11.0 Å². The molecule has 0 radical (unpaired) electrons. The zero-order chi connectivity index (χ0) is 19.3. The third-order valence-electron chi connectivity index (χ3n) is 4.12. The first-order valence-electron chi connectivity index (χ1n) is 8.61. The number of aromatic nitrogens is 2. The van der Waals surface area contributed by atoms with Gasteiger partial charge in [0, 0.05) is 11.1 Å². The van der Waals surface area contributed by atoms with E-state index < -0.39 is 0 Å². The second-order valence-corrected chi connectivity index (χ2v) is 6.34. The summed E-state index contributed by atoms with van der Waals surface area (Å²) in [7, 11) is 0. The Hall–Kier alpha value is -3.68. The number of nitrogens with zero attached hydrogens (tertiary/aromatic N) is 3. The molecule has 0 unspecified atom stereocenters. The Balaban J connectivity index is 1.72. The Morgan fingerprint density at radius 1 is 0.714 bits per heavy atom. The van der Waals surface area contributed by atoms with Gasteiger partial charge in [-0.3, -0.25) is 0 Å². The highest BCUT2D eigenvalue weighted by atomic mass is 35.5. The molecule has 28 heavy (non-hydrogen) atoms. The van der Waals surface area contributed by atoms with E-state index in [4.69, 9.17) is 16.3 Å². The summed E-state index contributed by atoms with van der Waals surface area (Å²) < 4.78 is 5.82. The molecule has 4 aromatic rings. The Labute approximate surface area is 167 Å². The Bertz CT molecular complexity index is 1140. The SMILES string of the molecule is N#Cc1c(Cl)nc(-c2ccccc2)nc1-c1ccc(Oc2ccccc2)cc1.